The van der Waals surface area contributed by atoms with Gasteiger partial charge in [0.25, 0.3) is 5.91 Å². The number of nitrogens with zero attached hydrogens (tertiary/aromatic N) is 2. The molecule has 2 heterocycles. The molecule has 2 amide bonds. The molecule has 7 heteroatoms. The molecule has 21 heavy (non-hydrogen) atoms. The van der Waals surface area contributed by atoms with Crippen LogP contribution in [0.5, 0.6) is 0 Å². The molecule has 1 aliphatic heterocycles. The monoisotopic (exact) mass is 308 g/mol. The summed E-state index contributed by atoms with van der Waals surface area (Å²) in [5, 5.41) is 5.67. The van der Waals surface area contributed by atoms with Gasteiger partial charge >= 0.3 is 0 Å². The van der Waals surface area contributed by atoms with Crippen LogP contribution in [0.15, 0.2) is 5.38 Å². The SMILES string of the molecule is NCCc1nc(C(=O)N2CC(=O)NC3CCCCC32)cs1. The number of thiazole rings is 1. The second kappa shape index (κ2) is 6.11. The van der Waals surface area contributed by atoms with E-state index >= 15 is 0 Å². The van der Waals surface area contributed by atoms with E-state index in [1.807, 2.05) is 0 Å². The zero-order valence-electron chi connectivity index (χ0n) is 11.9. The Kier molecular flexibility index (Phi) is 4.21. The minimum absolute atomic E-state index is 0.0658. The van der Waals surface area contributed by atoms with Gasteiger partial charge in [0.2, 0.25) is 5.91 Å². The third-order valence-corrected chi connectivity index (χ3v) is 5.09. The van der Waals surface area contributed by atoms with E-state index in [2.05, 4.69) is 10.3 Å². The molecule has 6 nitrogen and oxygen atoms in total. The van der Waals surface area contributed by atoms with Crippen molar-refractivity contribution in [2.75, 3.05) is 13.1 Å². The first-order chi connectivity index (χ1) is 10.2. The second-order valence-electron chi connectivity index (χ2n) is 5.62. The van der Waals surface area contributed by atoms with Crippen molar-refractivity contribution in [3.63, 3.8) is 0 Å². The first kappa shape index (κ1) is 14.5. The summed E-state index contributed by atoms with van der Waals surface area (Å²) in [5.74, 6) is -0.190. The van der Waals surface area contributed by atoms with Crippen LogP contribution in [0.4, 0.5) is 0 Å². The number of nitrogens with one attached hydrogen (secondary N) is 1. The standard InChI is InChI=1S/C14H20N4O2S/c15-6-5-13-17-10(8-21-13)14(20)18-7-12(19)16-9-3-1-2-4-11(9)18/h8-9,11H,1-7,15H2,(H,16,19). The summed E-state index contributed by atoms with van der Waals surface area (Å²) < 4.78 is 0. The van der Waals surface area contributed by atoms with Crippen LogP contribution in [-0.4, -0.2) is 46.9 Å². The summed E-state index contributed by atoms with van der Waals surface area (Å²) in [7, 11) is 0. The number of piperazine rings is 1. The van der Waals surface area contributed by atoms with E-state index in [9.17, 15) is 9.59 Å². The largest absolute Gasteiger partial charge is 0.350 e. The van der Waals surface area contributed by atoms with Crippen molar-refractivity contribution in [3.05, 3.63) is 16.1 Å². The Bertz CT molecular complexity index is 545. The van der Waals surface area contributed by atoms with Crippen LogP contribution >= 0.6 is 11.3 Å². The van der Waals surface area contributed by atoms with Gasteiger partial charge in [-0.2, -0.15) is 0 Å². The third-order valence-electron chi connectivity index (χ3n) is 4.18. The van der Waals surface area contributed by atoms with Crippen molar-refractivity contribution in [2.45, 2.75) is 44.2 Å². The van der Waals surface area contributed by atoms with Crippen molar-refractivity contribution in [1.82, 2.24) is 15.2 Å². The summed E-state index contributed by atoms with van der Waals surface area (Å²) in [6, 6.07) is 0.217. The zero-order valence-corrected chi connectivity index (χ0v) is 12.7. The summed E-state index contributed by atoms with van der Waals surface area (Å²) in [5.41, 5.74) is 5.96. The fraction of sp³-hybridized carbons (Fsp3) is 0.643. The average molecular weight is 308 g/mol. The maximum Gasteiger partial charge on any atom is 0.274 e. The van der Waals surface area contributed by atoms with Crippen LogP contribution in [0.3, 0.4) is 0 Å². The zero-order chi connectivity index (χ0) is 14.8. The Hall–Kier alpha value is -1.47. The topological polar surface area (TPSA) is 88.3 Å². The molecule has 0 spiro atoms. The molecule has 0 bridgehead atoms. The van der Waals surface area contributed by atoms with Gasteiger partial charge in [-0.1, -0.05) is 12.8 Å². The summed E-state index contributed by atoms with van der Waals surface area (Å²) in [6.07, 6.45) is 4.81. The lowest BCUT2D eigenvalue weighted by atomic mass is 9.87. The molecular formula is C14H20N4O2S. The Balaban J connectivity index is 1.79. The molecule has 3 N–H and O–H groups in total. The Morgan fingerprint density at radius 1 is 1.48 bits per heavy atom. The number of hydrogen-bond acceptors (Lipinski definition) is 5. The number of nitrogens with two attached hydrogens (primary N) is 1. The highest BCUT2D eigenvalue weighted by Crippen LogP contribution is 2.27. The van der Waals surface area contributed by atoms with Crippen molar-refractivity contribution in [2.24, 2.45) is 5.73 Å². The molecule has 1 saturated carbocycles. The highest BCUT2D eigenvalue weighted by Gasteiger charge is 2.39. The molecule has 1 saturated heterocycles. The van der Waals surface area contributed by atoms with Gasteiger partial charge in [0.05, 0.1) is 11.0 Å². The van der Waals surface area contributed by atoms with Crippen molar-refractivity contribution in [1.29, 1.82) is 0 Å². The molecule has 1 aromatic heterocycles. The quantitative estimate of drug-likeness (QED) is 0.852. The lowest BCUT2D eigenvalue weighted by molar-refractivity contribution is -0.127. The number of aromatic nitrogens is 1. The van der Waals surface area contributed by atoms with Gasteiger partial charge in [0, 0.05) is 17.8 Å². The van der Waals surface area contributed by atoms with Crippen LogP contribution in [-0.2, 0) is 11.2 Å². The van der Waals surface area contributed by atoms with Crippen molar-refractivity contribution >= 4 is 23.2 Å². The smallest absolute Gasteiger partial charge is 0.274 e. The molecule has 114 valence electrons. The maximum atomic E-state index is 12.7. The fourth-order valence-electron chi connectivity index (χ4n) is 3.19. The van der Waals surface area contributed by atoms with Crippen molar-refractivity contribution in [3.8, 4) is 0 Å². The third kappa shape index (κ3) is 2.94. The molecule has 1 aromatic rings. The first-order valence-corrected chi connectivity index (χ1v) is 8.32. The normalized spacial score (nSPS) is 25.4. The van der Waals surface area contributed by atoms with E-state index in [0.29, 0.717) is 18.7 Å². The number of hydrogen-bond donors (Lipinski definition) is 2. The fourth-order valence-corrected chi connectivity index (χ4v) is 3.98. The minimum Gasteiger partial charge on any atom is -0.350 e. The van der Waals surface area contributed by atoms with Gasteiger partial charge in [0.15, 0.2) is 0 Å². The predicted molar refractivity (Wildman–Crippen MR) is 80.1 cm³/mol. The van der Waals surface area contributed by atoms with Gasteiger partial charge in [-0.05, 0) is 19.4 Å². The van der Waals surface area contributed by atoms with E-state index in [0.717, 1.165) is 30.7 Å². The maximum absolute atomic E-state index is 12.7. The van der Waals surface area contributed by atoms with Crippen LogP contribution in [0.1, 0.15) is 41.2 Å². The Morgan fingerprint density at radius 3 is 3.10 bits per heavy atom. The van der Waals surface area contributed by atoms with Crippen LogP contribution in [0.2, 0.25) is 0 Å². The van der Waals surface area contributed by atoms with Gasteiger partial charge in [-0.3, -0.25) is 9.59 Å². The van der Waals surface area contributed by atoms with E-state index in [-0.39, 0.29) is 30.4 Å². The number of carbonyl (C=O) groups is 2. The number of fused-ring (bicyclic) bond motifs is 1. The number of rotatable bonds is 3. The van der Waals surface area contributed by atoms with Gasteiger partial charge in [-0.15, -0.1) is 11.3 Å². The van der Waals surface area contributed by atoms with Gasteiger partial charge in [-0.25, -0.2) is 4.98 Å². The van der Waals surface area contributed by atoms with Crippen LogP contribution in [0, 0.1) is 0 Å². The highest BCUT2D eigenvalue weighted by molar-refractivity contribution is 7.09. The lowest BCUT2D eigenvalue weighted by Crippen LogP contribution is -2.62. The van der Waals surface area contributed by atoms with Crippen molar-refractivity contribution < 1.29 is 9.59 Å². The summed E-state index contributed by atoms with van der Waals surface area (Å²) in [6.45, 7) is 0.668. The van der Waals surface area contributed by atoms with E-state index in [4.69, 9.17) is 5.73 Å². The molecule has 0 aromatic carbocycles. The second-order valence-corrected chi connectivity index (χ2v) is 6.57. The molecule has 2 unspecified atom stereocenters. The molecule has 3 rings (SSSR count). The number of amides is 2. The van der Waals surface area contributed by atoms with E-state index in [1.165, 1.54) is 11.3 Å². The molecule has 2 fully saturated rings. The molecular weight excluding hydrogens is 288 g/mol. The Morgan fingerprint density at radius 2 is 2.29 bits per heavy atom. The lowest BCUT2D eigenvalue weighted by Gasteiger charge is -2.43. The minimum atomic E-state index is -0.124. The summed E-state index contributed by atoms with van der Waals surface area (Å²) in [4.78, 5) is 30.6. The van der Waals surface area contributed by atoms with E-state index < -0.39 is 0 Å². The molecule has 2 aliphatic rings. The number of carbonyl (C=O) groups excluding carboxylic acids is 2. The Labute approximate surface area is 127 Å². The van der Waals surface area contributed by atoms with E-state index in [1.54, 1.807) is 10.3 Å². The highest BCUT2D eigenvalue weighted by atomic mass is 32.1. The molecule has 0 radical (unpaired) electrons. The van der Waals surface area contributed by atoms with Gasteiger partial charge in [0.1, 0.15) is 12.2 Å². The average Bonchev–Trinajstić information content (AvgIpc) is 2.94. The molecule has 2 atom stereocenters. The predicted octanol–water partition coefficient (Wildman–Crippen LogP) is 0.527. The van der Waals surface area contributed by atoms with Crippen LogP contribution in [0.25, 0.3) is 0 Å². The molecule has 1 aliphatic carbocycles. The van der Waals surface area contributed by atoms with Crippen LogP contribution < -0.4 is 11.1 Å². The first-order valence-electron chi connectivity index (χ1n) is 7.44. The summed E-state index contributed by atoms with van der Waals surface area (Å²) >= 11 is 1.46. The van der Waals surface area contributed by atoms with Gasteiger partial charge < -0.3 is 16.0 Å².